The number of rotatable bonds is 4. The van der Waals surface area contributed by atoms with E-state index in [1.54, 1.807) is 18.2 Å². The van der Waals surface area contributed by atoms with Crippen LogP contribution in [-0.4, -0.2) is 45.2 Å². The molecular formula is C13H20ClN3O2S. The molecule has 2 N–H and O–H groups in total. The first-order chi connectivity index (χ1) is 9.24. The molecule has 0 radical (unpaired) electrons. The molecule has 1 aliphatic rings. The van der Waals surface area contributed by atoms with E-state index in [0.29, 0.717) is 22.8 Å². The molecule has 112 valence electrons. The largest absolute Gasteiger partial charge is 0.380 e. The van der Waals surface area contributed by atoms with E-state index in [1.807, 2.05) is 0 Å². The van der Waals surface area contributed by atoms with Gasteiger partial charge in [-0.2, -0.15) is 0 Å². The van der Waals surface area contributed by atoms with E-state index in [0.717, 1.165) is 24.9 Å². The Labute approximate surface area is 125 Å². The highest BCUT2D eigenvalue weighted by Gasteiger charge is 2.26. The molecule has 1 saturated heterocycles. The Morgan fingerprint density at radius 1 is 1.40 bits per heavy atom. The molecule has 0 aliphatic carbocycles. The molecule has 0 saturated carbocycles. The van der Waals surface area contributed by atoms with Gasteiger partial charge in [0, 0.05) is 18.6 Å². The number of benzene rings is 1. The van der Waals surface area contributed by atoms with Crippen molar-refractivity contribution in [3.63, 3.8) is 0 Å². The fourth-order valence-electron chi connectivity index (χ4n) is 2.43. The second kappa shape index (κ2) is 5.79. The minimum atomic E-state index is -3.28. The molecule has 2 unspecified atom stereocenters. The van der Waals surface area contributed by atoms with Crippen LogP contribution in [0, 0.1) is 0 Å². The Balaban J connectivity index is 2.13. The average Bonchev–Trinajstić information content (AvgIpc) is 2.61. The van der Waals surface area contributed by atoms with Crippen molar-refractivity contribution in [1.82, 2.24) is 4.90 Å². The minimum absolute atomic E-state index is 0.320. The Kier molecular flexibility index (Phi) is 4.46. The first-order valence-corrected chi connectivity index (χ1v) is 8.75. The smallest absolute Gasteiger partial charge is 0.229 e. The van der Waals surface area contributed by atoms with Crippen LogP contribution in [0.15, 0.2) is 18.2 Å². The monoisotopic (exact) mass is 317 g/mol. The number of likely N-dealkylation sites (tertiary alicyclic amines) is 1. The van der Waals surface area contributed by atoms with E-state index in [-0.39, 0.29) is 0 Å². The van der Waals surface area contributed by atoms with E-state index in [1.165, 1.54) is 0 Å². The molecule has 2 atom stereocenters. The molecule has 20 heavy (non-hydrogen) atoms. The third-order valence-corrected chi connectivity index (χ3v) is 4.45. The molecule has 1 aromatic rings. The van der Waals surface area contributed by atoms with E-state index in [2.05, 4.69) is 28.9 Å². The van der Waals surface area contributed by atoms with E-state index >= 15 is 0 Å². The van der Waals surface area contributed by atoms with Gasteiger partial charge >= 0.3 is 0 Å². The Morgan fingerprint density at radius 3 is 2.65 bits per heavy atom. The van der Waals surface area contributed by atoms with Crippen molar-refractivity contribution in [2.45, 2.75) is 25.4 Å². The fraction of sp³-hybridized carbons (Fsp3) is 0.538. The zero-order chi connectivity index (χ0) is 14.9. The van der Waals surface area contributed by atoms with Crippen LogP contribution >= 0.6 is 11.6 Å². The molecule has 0 amide bonds. The second-order valence-electron chi connectivity index (χ2n) is 5.43. The van der Waals surface area contributed by atoms with Crippen LogP contribution in [0.5, 0.6) is 0 Å². The van der Waals surface area contributed by atoms with E-state index < -0.39 is 10.0 Å². The highest BCUT2D eigenvalue weighted by molar-refractivity contribution is 7.92. The zero-order valence-corrected chi connectivity index (χ0v) is 13.4. The summed E-state index contributed by atoms with van der Waals surface area (Å²) in [6.45, 7) is 3.13. The molecule has 1 heterocycles. The summed E-state index contributed by atoms with van der Waals surface area (Å²) in [6, 6.07) is 5.92. The lowest BCUT2D eigenvalue weighted by molar-refractivity contribution is 0.330. The fourth-order valence-corrected chi connectivity index (χ4v) is 3.16. The highest BCUT2D eigenvalue weighted by atomic mass is 35.5. The molecule has 7 heteroatoms. The van der Waals surface area contributed by atoms with Crippen molar-refractivity contribution < 1.29 is 8.42 Å². The molecule has 1 aliphatic heterocycles. The van der Waals surface area contributed by atoms with Crippen molar-refractivity contribution in [1.29, 1.82) is 0 Å². The molecule has 2 rings (SSSR count). The average molecular weight is 318 g/mol. The van der Waals surface area contributed by atoms with Gasteiger partial charge in [0.2, 0.25) is 10.0 Å². The third-order valence-electron chi connectivity index (χ3n) is 3.52. The number of hydrogen-bond donors (Lipinski definition) is 2. The minimum Gasteiger partial charge on any atom is -0.380 e. The number of hydrogen-bond acceptors (Lipinski definition) is 4. The highest BCUT2D eigenvalue weighted by Crippen LogP contribution is 2.28. The van der Waals surface area contributed by atoms with Gasteiger partial charge in [-0.25, -0.2) is 8.42 Å². The topological polar surface area (TPSA) is 61.4 Å². The maximum absolute atomic E-state index is 11.3. The zero-order valence-electron chi connectivity index (χ0n) is 11.9. The van der Waals surface area contributed by atoms with Crippen LogP contribution in [-0.2, 0) is 10.0 Å². The first-order valence-electron chi connectivity index (χ1n) is 6.49. The van der Waals surface area contributed by atoms with E-state index in [4.69, 9.17) is 11.6 Å². The Bertz CT molecular complexity index is 581. The summed E-state index contributed by atoms with van der Waals surface area (Å²) in [5.74, 6) is 0. The molecular weight excluding hydrogens is 298 g/mol. The molecule has 1 aromatic carbocycles. The SMILES string of the molecule is CC1CC(Nc2cc(NS(C)(=O)=O)ccc2Cl)CN1C. The van der Waals surface area contributed by atoms with Crippen LogP contribution in [0.25, 0.3) is 0 Å². The summed E-state index contributed by atoms with van der Waals surface area (Å²) in [5.41, 5.74) is 1.27. The maximum atomic E-state index is 11.3. The lowest BCUT2D eigenvalue weighted by Gasteiger charge is -2.16. The van der Waals surface area contributed by atoms with Crippen molar-refractivity contribution in [3.8, 4) is 0 Å². The summed E-state index contributed by atoms with van der Waals surface area (Å²) in [4.78, 5) is 2.28. The van der Waals surface area contributed by atoms with Crippen molar-refractivity contribution in [3.05, 3.63) is 23.2 Å². The number of anilines is 2. The predicted octanol–water partition coefficient (Wildman–Crippen LogP) is 2.22. The van der Waals surface area contributed by atoms with Gasteiger partial charge in [0.1, 0.15) is 0 Å². The molecule has 1 fully saturated rings. The van der Waals surface area contributed by atoms with Crippen LogP contribution < -0.4 is 10.0 Å². The third kappa shape index (κ3) is 4.01. The summed E-state index contributed by atoms with van der Waals surface area (Å²) in [6.07, 6.45) is 2.17. The summed E-state index contributed by atoms with van der Waals surface area (Å²) < 4.78 is 25.0. The Hall–Kier alpha value is -0.980. The van der Waals surface area contributed by atoms with Crippen LogP contribution in [0.4, 0.5) is 11.4 Å². The quantitative estimate of drug-likeness (QED) is 0.894. The van der Waals surface area contributed by atoms with Gasteiger partial charge in [-0.1, -0.05) is 11.6 Å². The van der Waals surface area contributed by atoms with E-state index in [9.17, 15) is 8.42 Å². The van der Waals surface area contributed by atoms with Crippen LogP contribution in [0.2, 0.25) is 5.02 Å². The number of sulfonamides is 1. The van der Waals surface area contributed by atoms with Crippen LogP contribution in [0.3, 0.4) is 0 Å². The normalized spacial score (nSPS) is 23.8. The molecule has 0 spiro atoms. The summed E-state index contributed by atoms with van der Waals surface area (Å²) >= 11 is 6.17. The van der Waals surface area contributed by atoms with Gasteiger partial charge in [0.15, 0.2) is 0 Å². The number of likely N-dealkylation sites (N-methyl/N-ethyl adjacent to an activating group) is 1. The maximum Gasteiger partial charge on any atom is 0.229 e. The van der Waals surface area contributed by atoms with Gasteiger partial charge in [0.25, 0.3) is 0 Å². The number of nitrogens with one attached hydrogen (secondary N) is 2. The molecule has 0 aromatic heterocycles. The molecule has 0 bridgehead atoms. The lowest BCUT2D eigenvalue weighted by Crippen LogP contribution is -2.25. The van der Waals surface area contributed by atoms with Crippen molar-refractivity contribution >= 4 is 33.0 Å². The summed E-state index contributed by atoms with van der Waals surface area (Å²) in [7, 11) is -1.19. The number of nitrogens with zero attached hydrogens (tertiary/aromatic N) is 1. The van der Waals surface area contributed by atoms with Crippen molar-refractivity contribution in [2.24, 2.45) is 0 Å². The van der Waals surface area contributed by atoms with Gasteiger partial charge in [-0.15, -0.1) is 0 Å². The van der Waals surface area contributed by atoms with Gasteiger partial charge in [-0.05, 0) is 38.6 Å². The lowest BCUT2D eigenvalue weighted by atomic mass is 10.2. The van der Waals surface area contributed by atoms with Crippen LogP contribution in [0.1, 0.15) is 13.3 Å². The first kappa shape index (κ1) is 15.4. The molecule has 5 nitrogen and oxygen atoms in total. The van der Waals surface area contributed by atoms with Gasteiger partial charge in [0.05, 0.1) is 22.7 Å². The van der Waals surface area contributed by atoms with Gasteiger partial charge in [-0.3, -0.25) is 4.72 Å². The number of halogens is 1. The standard InChI is InChI=1S/C13H20ClN3O2S/c1-9-6-11(8-17(9)2)15-13-7-10(4-5-12(13)14)16-20(3,18)19/h4-5,7,9,11,15-16H,6,8H2,1-3H3. The second-order valence-corrected chi connectivity index (χ2v) is 7.59. The Morgan fingerprint density at radius 2 is 2.10 bits per heavy atom. The summed E-state index contributed by atoms with van der Waals surface area (Å²) in [5, 5.41) is 3.98. The predicted molar refractivity (Wildman–Crippen MR) is 84.0 cm³/mol. The van der Waals surface area contributed by atoms with Gasteiger partial charge < -0.3 is 10.2 Å². The van der Waals surface area contributed by atoms with Crippen molar-refractivity contribution in [2.75, 3.05) is 29.9 Å².